The van der Waals surface area contributed by atoms with Crippen molar-refractivity contribution in [3.8, 4) is 5.75 Å². The molecule has 1 amide bonds. The highest BCUT2D eigenvalue weighted by Crippen LogP contribution is 2.51. The maximum Gasteiger partial charge on any atom is 0.326 e. The minimum absolute atomic E-state index is 0.184. The Morgan fingerprint density at radius 1 is 1.00 bits per heavy atom. The molecule has 118 valence electrons. The van der Waals surface area contributed by atoms with Crippen LogP contribution in [-0.4, -0.2) is 23.6 Å². The zero-order chi connectivity index (χ0) is 16.4. The van der Waals surface area contributed by atoms with Gasteiger partial charge < -0.3 is 4.74 Å². The summed E-state index contributed by atoms with van der Waals surface area (Å²) < 4.78 is 5.28. The van der Waals surface area contributed by atoms with Crippen molar-refractivity contribution in [1.82, 2.24) is 0 Å². The summed E-state index contributed by atoms with van der Waals surface area (Å²) in [5, 5.41) is 0. The van der Waals surface area contributed by atoms with Gasteiger partial charge in [-0.1, -0.05) is 30.0 Å². The molecule has 2 aromatic rings. The van der Waals surface area contributed by atoms with Gasteiger partial charge in [0.1, 0.15) is 17.4 Å². The van der Waals surface area contributed by atoms with Crippen LogP contribution in [0.4, 0.5) is 11.4 Å². The summed E-state index contributed by atoms with van der Waals surface area (Å²) in [4.78, 5) is 27.2. The number of amides is 1. The Kier molecular flexibility index (Phi) is 4.80. The van der Waals surface area contributed by atoms with E-state index in [1.165, 1.54) is 16.7 Å². The van der Waals surface area contributed by atoms with Crippen LogP contribution in [0.5, 0.6) is 5.75 Å². The summed E-state index contributed by atoms with van der Waals surface area (Å²) in [7, 11) is 0. The molecule has 1 aliphatic heterocycles. The molecule has 0 N–H and O–H groups in total. The predicted molar refractivity (Wildman–Crippen MR) is 91.2 cm³/mol. The van der Waals surface area contributed by atoms with Crippen LogP contribution in [0.15, 0.2) is 52.3 Å². The number of fused-ring (bicyclic) bond motifs is 2. The number of anilines is 2. The Balaban J connectivity index is 2.17. The minimum Gasteiger partial charge on any atom is -0.423 e. The number of hydrogen-bond donors (Lipinski definition) is 0. The number of carbonyl (C=O) groups is 2. The average molecular weight is 368 g/mol. The highest BCUT2D eigenvalue weighted by Gasteiger charge is 2.31. The zero-order valence-electron chi connectivity index (χ0n) is 11.8. The Morgan fingerprint density at radius 3 is 2.48 bits per heavy atom. The second-order valence-electron chi connectivity index (χ2n) is 4.64. The first-order chi connectivity index (χ1) is 11.2. The van der Waals surface area contributed by atoms with Gasteiger partial charge in [0.2, 0.25) is 5.91 Å². The maximum absolute atomic E-state index is 12.4. The second-order valence-corrected chi connectivity index (χ2v) is 6.26. The molecule has 0 radical (unpaired) electrons. The third kappa shape index (κ3) is 3.04. The first-order valence-electron chi connectivity index (χ1n) is 6.71. The van der Waals surface area contributed by atoms with Crippen molar-refractivity contribution < 1.29 is 14.3 Å². The van der Waals surface area contributed by atoms with Crippen LogP contribution in [0.25, 0.3) is 0 Å². The van der Waals surface area contributed by atoms with E-state index >= 15 is 0 Å². The SMILES string of the molecule is O=C(CCl)Oc1cccc2c1N(C(=O)CCl)c1ccccc1S2. The number of benzene rings is 2. The van der Waals surface area contributed by atoms with E-state index in [2.05, 4.69) is 0 Å². The molecule has 1 heterocycles. The molecule has 7 heteroatoms. The van der Waals surface area contributed by atoms with Crippen molar-refractivity contribution in [2.75, 3.05) is 16.7 Å². The van der Waals surface area contributed by atoms with Crippen LogP contribution in [0.1, 0.15) is 0 Å². The number of hydrogen-bond acceptors (Lipinski definition) is 4. The number of alkyl halides is 2. The Labute approximate surface area is 147 Å². The molecule has 0 aliphatic carbocycles. The van der Waals surface area contributed by atoms with Crippen LogP contribution in [0, 0.1) is 0 Å². The standard InChI is InChI=1S/C16H11Cl2NO3S/c17-8-14(20)19-10-4-1-2-6-12(10)23-13-7-3-5-11(16(13)19)22-15(21)9-18/h1-7H,8-9H2. The average Bonchev–Trinajstić information content (AvgIpc) is 2.59. The topological polar surface area (TPSA) is 46.6 Å². The lowest BCUT2D eigenvalue weighted by Crippen LogP contribution is -2.30. The molecule has 2 aromatic carbocycles. The highest BCUT2D eigenvalue weighted by molar-refractivity contribution is 7.99. The number of nitrogens with zero attached hydrogens (tertiary/aromatic N) is 1. The van der Waals surface area contributed by atoms with E-state index in [4.69, 9.17) is 27.9 Å². The molecule has 0 saturated heterocycles. The fourth-order valence-electron chi connectivity index (χ4n) is 2.32. The first kappa shape index (κ1) is 16.2. The number of halogens is 2. The summed E-state index contributed by atoms with van der Waals surface area (Å²) in [6.45, 7) is 0. The fraction of sp³-hybridized carbons (Fsp3) is 0.125. The molecule has 0 atom stereocenters. The number of rotatable bonds is 3. The van der Waals surface area contributed by atoms with Crippen molar-refractivity contribution >= 4 is 58.2 Å². The van der Waals surface area contributed by atoms with Gasteiger partial charge in [0.25, 0.3) is 0 Å². The Morgan fingerprint density at radius 2 is 1.74 bits per heavy atom. The van der Waals surface area contributed by atoms with Crippen molar-refractivity contribution in [2.24, 2.45) is 0 Å². The van der Waals surface area contributed by atoms with Crippen LogP contribution < -0.4 is 9.64 Å². The number of para-hydroxylation sites is 2. The predicted octanol–water partition coefficient (Wildman–Crippen LogP) is 4.20. The van der Waals surface area contributed by atoms with Gasteiger partial charge >= 0.3 is 5.97 Å². The smallest absolute Gasteiger partial charge is 0.326 e. The lowest BCUT2D eigenvalue weighted by molar-refractivity contribution is -0.131. The largest absolute Gasteiger partial charge is 0.423 e. The summed E-state index contributed by atoms with van der Waals surface area (Å²) in [5.74, 6) is -1.04. The molecule has 1 aliphatic rings. The van der Waals surface area contributed by atoms with Crippen LogP contribution in [-0.2, 0) is 9.59 Å². The summed E-state index contributed by atoms with van der Waals surface area (Å²) in [6.07, 6.45) is 0. The molecule has 3 rings (SSSR count). The summed E-state index contributed by atoms with van der Waals surface area (Å²) >= 11 is 12.8. The molecular weight excluding hydrogens is 357 g/mol. The molecule has 0 unspecified atom stereocenters. The first-order valence-corrected chi connectivity index (χ1v) is 8.59. The van der Waals surface area contributed by atoms with Gasteiger partial charge in [-0.3, -0.25) is 14.5 Å². The third-order valence-electron chi connectivity index (χ3n) is 3.21. The highest BCUT2D eigenvalue weighted by atomic mass is 35.5. The second kappa shape index (κ2) is 6.83. The molecule has 0 spiro atoms. The molecule has 0 saturated carbocycles. The van der Waals surface area contributed by atoms with E-state index in [-0.39, 0.29) is 23.4 Å². The zero-order valence-corrected chi connectivity index (χ0v) is 14.1. The third-order valence-corrected chi connectivity index (χ3v) is 4.77. The lowest BCUT2D eigenvalue weighted by Gasteiger charge is -2.31. The van der Waals surface area contributed by atoms with E-state index in [1.54, 1.807) is 12.1 Å². The van der Waals surface area contributed by atoms with Gasteiger partial charge in [0.15, 0.2) is 5.75 Å². The van der Waals surface area contributed by atoms with Crippen molar-refractivity contribution in [3.63, 3.8) is 0 Å². The van der Waals surface area contributed by atoms with Gasteiger partial charge in [0.05, 0.1) is 5.69 Å². The van der Waals surface area contributed by atoms with Crippen LogP contribution >= 0.6 is 35.0 Å². The summed E-state index contributed by atoms with van der Waals surface area (Å²) in [5.41, 5.74) is 1.23. The van der Waals surface area contributed by atoms with Crippen molar-refractivity contribution in [1.29, 1.82) is 0 Å². The molecule has 0 aromatic heterocycles. The monoisotopic (exact) mass is 367 g/mol. The van der Waals surface area contributed by atoms with Gasteiger partial charge in [-0.2, -0.15) is 0 Å². The Hall–Kier alpha value is -1.69. The van der Waals surface area contributed by atoms with Gasteiger partial charge in [-0.15, -0.1) is 23.2 Å². The van der Waals surface area contributed by atoms with Gasteiger partial charge in [0, 0.05) is 9.79 Å². The quantitative estimate of drug-likeness (QED) is 0.463. The van der Waals surface area contributed by atoms with Crippen molar-refractivity contribution in [3.05, 3.63) is 42.5 Å². The fourth-order valence-corrected chi connectivity index (χ4v) is 3.58. The van der Waals surface area contributed by atoms with E-state index < -0.39 is 5.97 Å². The summed E-state index contributed by atoms with van der Waals surface area (Å²) in [6, 6.07) is 12.8. The molecular formula is C16H11Cl2NO3S. The van der Waals surface area contributed by atoms with E-state index in [1.807, 2.05) is 30.3 Å². The van der Waals surface area contributed by atoms with E-state index in [0.717, 1.165) is 9.79 Å². The van der Waals surface area contributed by atoms with Crippen LogP contribution in [0.2, 0.25) is 0 Å². The molecule has 0 bridgehead atoms. The lowest BCUT2D eigenvalue weighted by atomic mass is 10.2. The number of esters is 1. The molecule has 0 fully saturated rings. The van der Waals surface area contributed by atoms with Gasteiger partial charge in [-0.05, 0) is 24.3 Å². The molecule has 23 heavy (non-hydrogen) atoms. The normalized spacial score (nSPS) is 12.3. The van der Waals surface area contributed by atoms with E-state index in [9.17, 15) is 9.59 Å². The van der Waals surface area contributed by atoms with E-state index in [0.29, 0.717) is 11.4 Å². The Bertz CT molecular complexity index is 782. The number of ether oxygens (including phenoxy) is 1. The minimum atomic E-state index is -0.581. The van der Waals surface area contributed by atoms with Crippen LogP contribution in [0.3, 0.4) is 0 Å². The molecule has 4 nitrogen and oxygen atoms in total. The maximum atomic E-state index is 12.4. The number of carbonyl (C=O) groups excluding carboxylic acids is 2. The van der Waals surface area contributed by atoms with Crippen molar-refractivity contribution in [2.45, 2.75) is 9.79 Å². The van der Waals surface area contributed by atoms with Gasteiger partial charge in [-0.25, -0.2) is 0 Å².